The summed E-state index contributed by atoms with van der Waals surface area (Å²) in [6.45, 7) is 6.96. The quantitative estimate of drug-likeness (QED) is 0.506. The standard InChI is InChI=1S/C27H32N4O2/c1-4-33-27(32)22-9-13-25(14-10-22)31-18-16-30(17-19-31)20-23-6-5-15-28-26(23)21-7-11-24(12-8-21)29(2)3/h5-15H,4,16-20H2,1-3H3. The van der Waals surface area contributed by atoms with E-state index in [9.17, 15) is 4.79 Å². The second-order valence-electron chi connectivity index (χ2n) is 8.48. The molecular formula is C27H32N4O2. The Kier molecular flexibility index (Phi) is 7.25. The van der Waals surface area contributed by atoms with Gasteiger partial charge in [-0.3, -0.25) is 9.88 Å². The van der Waals surface area contributed by atoms with Gasteiger partial charge in [0, 0.05) is 70.0 Å². The molecule has 1 aliphatic heterocycles. The zero-order valence-corrected chi connectivity index (χ0v) is 19.7. The first-order valence-corrected chi connectivity index (χ1v) is 11.5. The Hall–Kier alpha value is -3.38. The Morgan fingerprint density at radius 1 is 0.970 bits per heavy atom. The van der Waals surface area contributed by atoms with Crippen molar-refractivity contribution in [2.45, 2.75) is 13.5 Å². The molecule has 0 radical (unpaired) electrons. The van der Waals surface area contributed by atoms with Gasteiger partial charge in [-0.15, -0.1) is 0 Å². The Labute approximate surface area is 196 Å². The van der Waals surface area contributed by atoms with E-state index < -0.39 is 0 Å². The van der Waals surface area contributed by atoms with E-state index in [2.05, 4.69) is 59.1 Å². The van der Waals surface area contributed by atoms with Crippen LogP contribution in [0.25, 0.3) is 11.3 Å². The van der Waals surface area contributed by atoms with E-state index in [1.807, 2.05) is 43.5 Å². The smallest absolute Gasteiger partial charge is 0.338 e. The van der Waals surface area contributed by atoms with E-state index in [1.165, 1.54) is 11.3 Å². The van der Waals surface area contributed by atoms with Gasteiger partial charge in [0.05, 0.1) is 17.9 Å². The topological polar surface area (TPSA) is 48.9 Å². The minimum Gasteiger partial charge on any atom is -0.462 e. The highest BCUT2D eigenvalue weighted by atomic mass is 16.5. The number of anilines is 2. The van der Waals surface area contributed by atoms with Crippen LogP contribution in [0.3, 0.4) is 0 Å². The number of benzene rings is 2. The van der Waals surface area contributed by atoms with Crippen LogP contribution in [0.4, 0.5) is 11.4 Å². The number of rotatable bonds is 7. The lowest BCUT2D eigenvalue weighted by atomic mass is 10.0. The molecule has 6 heteroatoms. The van der Waals surface area contributed by atoms with E-state index in [-0.39, 0.29) is 5.97 Å². The molecule has 0 spiro atoms. The lowest BCUT2D eigenvalue weighted by Gasteiger charge is -2.36. The van der Waals surface area contributed by atoms with Gasteiger partial charge in [0.2, 0.25) is 0 Å². The molecule has 2 heterocycles. The predicted octanol–water partition coefficient (Wildman–Crippen LogP) is 4.31. The summed E-state index contributed by atoms with van der Waals surface area (Å²) in [6, 6.07) is 20.5. The number of piperazine rings is 1. The number of esters is 1. The first kappa shape index (κ1) is 22.8. The van der Waals surface area contributed by atoms with Crippen LogP contribution in [0.5, 0.6) is 0 Å². The Balaban J connectivity index is 1.38. The summed E-state index contributed by atoms with van der Waals surface area (Å²) in [4.78, 5) is 23.5. The number of nitrogens with zero attached hydrogens (tertiary/aromatic N) is 4. The normalized spacial score (nSPS) is 14.2. The van der Waals surface area contributed by atoms with E-state index in [0.717, 1.165) is 49.7 Å². The Morgan fingerprint density at radius 3 is 2.30 bits per heavy atom. The summed E-state index contributed by atoms with van der Waals surface area (Å²) in [5.74, 6) is -0.266. The van der Waals surface area contributed by atoms with E-state index >= 15 is 0 Å². The molecule has 2 aromatic carbocycles. The molecule has 0 aliphatic carbocycles. The first-order valence-electron chi connectivity index (χ1n) is 11.5. The van der Waals surface area contributed by atoms with Crippen LogP contribution in [0, 0.1) is 0 Å². The van der Waals surface area contributed by atoms with Crippen LogP contribution in [0.15, 0.2) is 66.9 Å². The molecule has 1 aliphatic rings. The highest BCUT2D eigenvalue weighted by Crippen LogP contribution is 2.26. The molecule has 6 nitrogen and oxygen atoms in total. The van der Waals surface area contributed by atoms with Gasteiger partial charge >= 0.3 is 5.97 Å². The van der Waals surface area contributed by atoms with Crippen LogP contribution in [0.2, 0.25) is 0 Å². The summed E-state index contributed by atoms with van der Waals surface area (Å²) in [6.07, 6.45) is 1.87. The maximum Gasteiger partial charge on any atom is 0.338 e. The molecule has 3 aromatic rings. The Morgan fingerprint density at radius 2 is 1.67 bits per heavy atom. The second-order valence-corrected chi connectivity index (χ2v) is 8.48. The number of pyridine rings is 1. The maximum absolute atomic E-state index is 11.9. The van der Waals surface area contributed by atoms with Gasteiger partial charge in [0.15, 0.2) is 0 Å². The van der Waals surface area contributed by atoms with Crippen LogP contribution < -0.4 is 9.80 Å². The first-order chi connectivity index (χ1) is 16.0. The number of aromatic nitrogens is 1. The van der Waals surface area contributed by atoms with Crippen LogP contribution in [-0.4, -0.2) is 62.7 Å². The second kappa shape index (κ2) is 10.5. The van der Waals surface area contributed by atoms with Gasteiger partial charge in [-0.05, 0) is 55.0 Å². The molecular weight excluding hydrogens is 412 g/mol. The highest BCUT2D eigenvalue weighted by molar-refractivity contribution is 5.89. The molecule has 0 unspecified atom stereocenters. The molecule has 0 amide bonds. The summed E-state index contributed by atoms with van der Waals surface area (Å²) >= 11 is 0. The largest absolute Gasteiger partial charge is 0.462 e. The lowest BCUT2D eigenvalue weighted by Crippen LogP contribution is -2.46. The van der Waals surface area contributed by atoms with Gasteiger partial charge in [0.25, 0.3) is 0 Å². The zero-order chi connectivity index (χ0) is 23.2. The molecule has 0 saturated carbocycles. The zero-order valence-electron chi connectivity index (χ0n) is 19.7. The van der Waals surface area contributed by atoms with E-state index in [4.69, 9.17) is 9.72 Å². The monoisotopic (exact) mass is 444 g/mol. The average Bonchev–Trinajstić information content (AvgIpc) is 2.85. The molecule has 1 fully saturated rings. The van der Waals surface area contributed by atoms with Crippen molar-refractivity contribution >= 4 is 17.3 Å². The fourth-order valence-electron chi connectivity index (χ4n) is 4.17. The summed E-state index contributed by atoms with van der Waals surface area (Å²) in [5.41, 5.74) is 6.38. The van der Waals surface area contributed by atoms with Crippen molar-refractivity contribution in [3.63, 3.8) is 0 Å². The van der Waals surface area contributed by atoms with Crippen molar-refractivity contribution in [3.8, 4) is 11.3 Å². The third kappa shape index (κ3) is 5.52. The van der Waals surface area contributed by atoms with Crippen molar-refractivity contribution < 1.29 is 9.53 Å². The number of ether oxygens (including phenoxy) is 1. The molecule has 0 bridgehead atoms. The van der Waals surface area contributed by atoms with E-state index in [1.54, 1.807) is 0 Å². The number of hydrogen-bond donors (Lipinski definition) is 0. The third-order valence-electron chi connectivity index (χ3n) is 6.06. The van der Waals surface area contributed by atoms with E-state index in [0.29, 0.717) is 12.2 Å². The molecule has 33 heavy (non-hydrogen) atoms. The summed E-state index contributed by atoms with van der Waals surface area (Å²) < 4.78 is 5.08. The fraction of sp³-hybridized carbons (Fsp3) is 0.333. The van der Waals surface area contributed by atoms with Gasteiger partial charge in [-0.1, -0.05) is 18.2 Å². The fourth-order valence-corrected chi connectivity index (χ4v) is 4.17. The minimum atomic E-state index is -0.266. The van der Waals surface area contributed by atoms with Gasteiger partial charge in [-0.25, -0.2) is 4.79 Å². The predicted molar refractivity (Wildman–Crippen MR) is 134 cm³/mol. The van der Waals surface area contributed by atoms with Gasteiger partial charge in [-0.2, -0.15) is 0 Å². The Bertz CT molecular complexity index is 1060. The molecule has 4 rings (SSSR count). The number of hydrogen-bond acceptors (Lipinski definition) is 6. The van der Waals surface area contributed by atoms with Crippen molar-refractivity contribution in [1.29, 1.82) is 0 Å². The molecule has 0 atom stereocenters. The van der Waals surface area contributed by atoms with Crippen LogP contribution in [-0.2, 0) is 11.3 Å². The van der Waals surface area contributed by atoms with Crippen molar-refractivity contribution in [1.82, 2.24) is 9.88 Å². The van der Waals surface area contributed by atoms with Crippen molar-refractivity contribution in [2.75, 3.05) is 56.7 Å². The lowest BCUT2D eigenvalue weighted by molar-refractivity contribution is 0.0526. The van der Waals surface area contributed by atoms with Gasteiger partial charge in [0.1, 0.15) is 0 Å². The van der Waals surface area contributed by atoms with Crippen molar-refractivity contribution in [3.05, 3.63) is 78.0 Å². The van der Waals surface area contributed by atoms with Crippen molar-refractivity contribution in [2.24, 2.45) is 0 Å². The molecule has 1 aromatic heterocycles. The van der Waals surface area contributed by atoms with Gasteiger partial charge < -0.3 is 14.5 Å². The number of carbonyl (C=O) groups excluding carboxylic acids is 1. The SMILES string of the molecule is CCOC(=O)c1ccc(N2CCN(Cc3cccnc3-c3ccc(N(C)C)cc3)CC2)cc1. The molecule has 172 valence electrons. The third-order valence-corrected chi connectivity index (χ3v) is 6.06. The highest BCUT2D eigenvalue weighted by Gasteiger charge is 2.19. The maximum atomic E-state index is 11.9. The van der Waals surface area contributed by atoms with Crippen LogP contribution in [0.1, 0.15) is 22.8 Å². The minimum absolute atomic E-state index is 0.266. The average molecular weight is 445 g/mol. The number of carbonyl (C=O) groups is 1. The molecule has 0 N–H and O–H groups in total. The summed E-state index contributed by atoms with van der Waals surface area (Å²) in [7, 11) is 4.10. The summed E-state index contributed by atoms with van der Waals surface area (Å²) in [5, 5.41) is 0. The van der Waals surface area contributed by atoms with Crippen LogP contribution >= 0.6 is 0 Å². The molecule has 1 saturated heterocycles.